The monoisotopic (exact) mass is 351 g/mol. The molecule has 0 unspecified atom stereocenters. The van der Waals surface area contributed by atoms with Crippen LogP contribution in [0.25, 0.3) is 0 Å². The lowest BCUT2D eigenvalue weighted by Gasteiger charge is -1.99. The quantitative estimate of drug-likeness (QED) is 0.181. The van der Waals surface area contributed by atoms with Crippen molar-refractivity contribution in [2.45, 2.75) is 71.1 Å². The van der Waals surface area contributed by atoms with Gasteiger partial charge in [0.25, 0.3) is 0 Å². The van der Waals surface area contributed by atoms with E-state index in [9.17, 15) is 25.0 Å². The molecule has 0 aliphatic rings. The minimum Gasteiger partial charge on any atom is -0.291 e. The molecule has 7 heteroatoms. The summed E-state index contributed by atoms with van der Waals surface area (Å²) in [6.45, 7) is 2.01. The molecule has 0 aromatic carbocycles. The van der Waals surface area contributed by atoms with Gasteiger partial charge in [-0.05, 0) is 44.3 Å². The Balaban J connectivity index is 4.53. The molecule has 0 aliphatic carbocycles. The lowest BCUT2D eigenvalue weighted by Crippen LogP contribution is -2.02. The van der Waals surface area contributed by atoms with Crippen molar-refractivity contribution in [2.24, 2.45) is 0 Å². The van der Waals surface area contributed by atoms with Crippen LogP contribution in [0.2, 0.25) is 0 Å². The summed E-state index contributed by atoms with van der Waals surface area (Å²) in [5.41, 5.74) is 0.0128. The first-order valence-electron chi connectivity index (χ1n) is 8.69. The van der Waals surface area contributed by atoms with Gasteiger partial charge in [0.15, 0.2) is 6.29 Å². The number of hydrogen-bond donors (Lipinski definition) is 0. The molecule has 0 saturated carbocycles. The molecule has 0 atom stereocenters. The fourth-order valence-electron chi connectivity index (χ4n) is 2.16. The van der Waals surface area contributed by atoms with E-state index in [2.05, 4.69) is 0 Å². The number of rotatable bonds is 15. The third kappa shape index (κ3) is 12.7. The maximum atomic E-state index is 11.1. The van der Waals surface area contributed by atoms with Crippen LogP contribution in [0.3, 0.4) is 0 Å². The molecular weight excluding hydrogens is 324 g/mol. The highest BCUT2D eigenvalue weighted by atomic mass is 16.6. The number of carbonyl (C=O) groups excluding carboxylic acids is 1. The van der Waals surface area contributed by atoms with Crippen LogP contribution in [0.1, 0.15) is 71.1 Å². The molecule has 0 bridgehead atoms. The number of nitrogens with zero attached hydrogens (tertiary/aromatic N) is 2. The van der Waals surface area contributed by atoms with Crippen LogP contribution in [-0.2, 0) is 4.79 Å². The molecule has 25 heavy (non-hydrogen) atoms. The third-order valence-corrected chi connectivity index (χ3v) is 3.61. The van der Waals surface area contributed by atoms with Crippen LogP contribution in [-0.4, -0.2) is 16.1 Å². The molecule has 0 aromatic rings. The van der Waals surface area contributed by atoms with Crippen LogP contribution in [0.5, 0.6) is 0 Å². The summed E-state index contributed by atoms with van der Waals surface area (Å²) >= 11 is 0. The summed E-state index contributed by atoms with van der Waals surface area (Å²) in [5, 5.41) is 22.1. The largest absolute Gasteiger partial charge is 0.291 e. The Morgan fingerprint density at radius 1 is 0.960 bits per heavy atom. The number of hydrogen-bond acceptors (Lipinski definition) is 5. The zero-order valence-corrected chi connectivity index (χ0v) is 14.8. The van der Waals surface area contributed by atoms with Gasteiger partial charge in [0, 0.05) is 12.8 Å². The molecule has 139 valence electrons. The van der Waals surface area contributed by atoms with Gasteiger partial charge in [-0.25, -0.2) is 0 Å². The van der Waals surface area contributed by atoms with Crippen molar-refractivity contribution in [3.63, 3.8) is 0 Å². The Labute approximate surface area is 148 Å². The molecule has 0 rings (SSSR count). The molecule has 0 fully saturated rings. The van der Waals surface area contributed by atoms with E-state index >= 15 is 0 Å². The molecule has 0 heterocycles. The van der Waals surface area contributed by atoms with E-state index < -0.39 is 9.85 Å². The SMILES string of the molecule is CCCCC/C(=C\C/C(=C\C/C=C\CCCC[C]=O)[N+](=O)[O-])[N+](=O)[O-]. The molecule has 0 amide bonds. The average Bonchev–Trinajstić information content (AvgIpc) is 2.57. The van der Waals surface area contributed by atoms with Gasteiger partial charge in [-0.2, -0.15) is 0 Å². The Kier molecular flexibility index (Phi) is 13.8. The van der Waals surface area contributed by atoms with E-state index in [4.69, 9.17) is 0 Å². The normalized spacial score (nSPS) is 12.5. The fraction of sp³-hybridized carbons (Fsp3) is 0.611. The van der Waals surface area contributed by atoms with Gasteiger partial charge in [-0.15, -0.1) is 0 Å². The van der Waals surface area contributed by atoms with E-state index in [-0.39, 0.29) is 17.8 Å². The number of unbranched alkanes of at least 4 members (excludes halogenated alkanes) is 5. The Morgan fingerprint density at radius 2 is 1.68 bits per heavy atom. The molecule has 0 aliphatic heterocycles. The minimum absolute atomic E-state index is 0.0324. The highest BCUT2D eigenvalue weighted by Crippen LogP contribution is 2.14. The highest BCUT2D eigenvalue weighted by Gasteiger charge is 2.14. The molecule has 0 N–H and O–H groups in total. The maximum absolute atomic E-state index is 11.1. The summed E-state index contributed by atoms with van der Waals surface area (Å²) < 4.78 is 0. The van der Waals surface area contributed by atoms with Crippen LogP contribution in [0.4, 0.5) is 0 Å². The average molecular weight is 351 g/mol. The summed E-state index contributed by atoms with van der Waals surface area (Å²) in [6, 6.07) is 0. The predicted molar refractivity (Wildman–Crippen MR) is 96.8 cm³/mol. The second kappa shape index (κ2) is 15.2. The lowest BCUT2D eigenvalue weighted by molar-refractivity contribution is -0.432. The molecular formula is C18H27N2O5. The number of allylic oxidation sites excluding steroid dienone is 5. The Bertz CT molecular complexity index is 510. The summed E-state index contributed by atoms with van der Waals surface area (Å²) in [6.07, 6.45) is 14.6. The third-order valence-electron chi connectivity index (χ3n) is 3.61. The first kappa shape index (κ1) is 22.7. The van der Waals surface area contributed by atoms with Crippen molar-refractivity contribution >= 4 is 6.29 Å². The van der Waals surface area contributed by atoms with Crippen molar-refractivity contribution in [3.05, 3.63) is 55.9 Å². The van der Waals surface area contributed by atoms with Gasteiger partial charge < -0.3 is 0 Å². The minimum atomic E-state index is -0.492. The van der Waals surface area contributed by atoms with Crippen LogP contribution < -0.4 is 0 Å². The second-order valence-electron chi connectivity index (χ2n) is 5.66. The van der Waals surface area contributed by atoms with Gasteiger partial charge in [-0.3, -0.25) is 25.0 Å². The maximum Gasteiger partial charge on any atom is 0.246 e. The van der Waals surface area contributed by atoms with Crippen LogP contribution in [0.15, 0.2) is 35.7 Å². The Morgan fingerprint density at radius 3 is 2.28 bits per heavy atom. The highest BCUT2D eigenvalue weighted by molar-refractivity contribution is 5.50. The molecule has 0 spiro atoms. The lowest BCUT2D eigenvalue weighted by atomic mass is 10.1. The van der Waals surface area contributed by atoms with Crippen molar-refractivity contribution in [2.75, 3.05) is 0 Å². The molecule has 0 saturated heterocycles. The van der Waals surface area contributed by atoms with Crippen molar-refractivity contribution < 1.29 is 14.6 Å². The van der Waals surface area contributed by atoms with Gasteiger partial charge in [0.05, 0.1) is 16.3 Å². The van der Waals surface area contributed by atoms with E-state index in [0.717, 1.165) is 32.1 Å². The summed E-state index contributed by atoms with van der Waals surface area (Å²) in [7, 11) is 0. The van der Waals surface area contributed by atoms with E-state index in [1.54, 1.807) is 0 Å². The van der Waals surface area contributed by atoms with E-state index in [0.29, 0.717) is 25.7 Å². The van der Waals surface area contributed by atoms with Crippen molar-refractivity contribution in [3.8, 4) is 0 Å². The van der Waals surface area contributed by atoms with Gasteiger partial charge in [0.2, 0.25) is 11.4 Å². The van der Waals surface area contributed by atoms with Gasteiger partial charge >= 0.3 is 0 Å². The first-order valence-corrected chi connectivity index (χ1v) is 8.69. The second-order valence-corrected chi connectivity index (χ2v) is 5.66. The standard InChI is InChI=1S/C18H27N2O5/c1-2-3-9-12-17(19(22)23)14-15-18(20(24)25)13-10-7-5-4-6-8-11-16-21/h5,7,13-14H,2-4,6,8-12,15H2,1H3/b7-5-,17-14+,18-13+. The van der Waals surface area contributed by atoms with Gasteiger partial charge in [0.1, 0.15) is 0 Å². The molecule has 7 nitrogen and oxygen atoms in total. The number of nitro groups is 2. The predicted octanol–water partition coefficient (Wildman–Crippen LogP) is 4.89. The fourth-order valence-corrected chi connectivity index (χ4v) is 2.16. The zero-order chi connectivity index (χ0) is 18.9. The zero-order valence-electron chi connectivity index (χ0n) is 14.8. The Hall–Kier alpha value is -2.31. The molecule has 1 radical (unpaired) electrons. The smallest absolute Gasteiger partial charge is 0.246 e. The first-order chi connectivity index (χ1) is 12.0. The van der Waals surface area contributed by atoms with Crippen LogP contribution >= 0.6 is 0 Å². The topological polar surface area (TPSA) is 103 Å². The molecule has 0 aromatic heterocycles. The summed E-state index contributed by atoms with van der Waals surface area (Å²) in [5.74, 6) is 0. The van der Waals surface area contributed by atoms with E-state index in [1.165, 1.54) is 12.2 Å². The van der Waals surface area contributed by atoms with Crippen molar-refractivity contribution in [1.29, 1.82) is 0 Å². The summed E-state index contributed by atoms with van der Waals surface area (Å²) in [4.78, 5) is 31.1. The van der Waals surface area contributed by atoms with Gasteiger partial charge in [-0.1, -0.05) is 31.9 Å². The van der Waals surface area contributed by atoms with Crippen LogP contribution in [0, 0.1) is 20.2 Å². The van der Waals surface area contributed by atoms with E-state index in [1.807, 2.05) is 25.4 Å². The van der Waals surface area contributed by atoms with Crippen molar-refractivity contribution in [1.82, 2.24) is 0 Å².